The van der Waals surface area contributed by atoms with Crippen molar-refractivity contribution in [2.75, 3.05) is 12.5 Å². The minimum Gasteiger partial charge on any atom is -0.454 e. The lowest BCUT2D eigenvalue weighted by molar-refractivity contribution is 0.174. The Kier molecular flexibility index (Phi) is 2.44. The molecule has 0 bridgehead atoms. The van der Waals surface area contributed by atoms with Gasteiger partial charge < -0.3 is 19.9 Å². The number of aromatic nitrogens is 1. The van der Waals surface area contributed by atoms with Gasteiger partial charge in [-0.3, -0.25) is 0 Å². The predicted octanol–water partition coefficient (Wildman–Crippen LogP) is 2.49. The van der Waals surface area contributed by atoms with Gasteiger partial charge in [0.1, 0.15) is 5.75 Å². The molecule has 92 valence electrons. The summed E-state index contributed by atoms with van der Waals surface area (Å²) >= 11 is 0. The highest BCUT2D eigenvalue weighted by Gasteiger charge is 2.15. The Labute approximate surface area is 104 Å². The number of hydrogen-bond donors (Lipinski definition) is 1. The van der Waals surface area contributed by atoms with Gasteiger partial charge in [-0.2, -0.15) is 0 Å². The van der Waals surface area contributed by atoms with Crippen LogP contribution in [0.1, 0.15) is 5.56 Å². The van der Waals surface area contributed by atoms with Crippen LogP contribution in [0.15, 0.2) is 30.5 Å². The summed E-state index contributed by atoms with van der Waals surface area (Å²) in [6.07, 6.45) is 1.66. The van der Waals surface area contributed by atoms with Crippen LogP contribution in [-0.2, 0) is 0 Å². The quantitative estimate of drug-likeness (QED) is 0.879. The molecule has 5 heteroatoms. The van der Waals surface area contributed by atoms with Crippen LogP contribution in [0.2, 0.25) is 0 Å². The van der Waals surface area contributed by atoms with Gasteiger partial charge in [-0.05, 0) is 30.7 Å². The molecular weight excluding hydrogens is 232 g/mol. The summed E-state index contributed by atoms with van der Waals surface area (Å²) < 4.78 is 16.1. The molecule has 0 amide bonds. The average molecular weight is 244 g/mol. The lowest BCUT2D eigenvalue weighted by Crippen LogP contribution is -1.97. The van der Waals surface area contributed by atoms with E-state index in [4.69, 9.17) is 19.9 Å². The first-order chi connectivity index (χ1) is 8.74. The molecule has 0 spiro atoms. The topological polar surface area (TPSA) is 66.6 Å². The number of nitrogens with zero attached hydrogens (tertiary/aromatic N) is 1. The standard InChI is InChI=1S/C13H12N2O3/c1-8-4-5-15-13(12(8)14)18-9-2-3-10-11(6-9)17-7-16-10/h2-6H,7,14H2,1H3. The number of rotatable bonds is 2. The van der Waals surface area contributed by atoms with Gasteiger partial charge in [0.25, 0.3) is 0 Å². The van der Waals surface area contributed by atoms with Gasteiger partial charge in [-0.1, -0.05) is 0 Å². The number of anilines is 1. The average Bonchev–Trinajstić information content (AvgIpc) is 2.82. The van der Waals surface area contributed by atoms with Crippen molar-refractivity contribution < 1.29 is 14.2 Å². The SMILES string of the molecule is Cc1ccnc(Oc2ccc3c(c2)OCO3)c1N. The number of fused-ring (bicyclic) bond motifs is 1. The summed E-state index contributed by atoms with van der Waals surface area (Å²) in [7, 11) is 0. The smallest absolute Gasteiger partial charge is 0.242 e. The first-order valence-corrected chi connectivity index (χ1v) is 5.52. The van der Waals surface area contributed by atoms with E-state index in [0.717, 1.165) is 5.56 Å². The summed E-state index contributed by atoms with van der Waals surface area (Å²) in [6.45, 7) is 2.15. The maximum absolute atomic E-state index is 5.90. The van der Waals surface area contributed by atoms with Gasteiger partial charge in [-0.15, -0.1) is 0 Å². The van der Waals surface area contributed by atoms with Gasteiger partial charge >= 0.3 is 0 Å². The maximum atomic E-state index is 5.90. The number of ether oxygens (including phenoxy) is 3. The van der Waals surface area contributed by atoms with Crippen molar-refractivity contribution in [3.05, 3.63) is 36.0 Å². The summed E-state index contributed by atoms with van der Waals surface area (Å²) in [6, 6.07) is 7.17. The molecule has 3 rings (SSSR count). The minimum atomic E-state index is 0.240. The molecule has 18 heavy (non-hydrogen) atoms. The van der Waals surface area contributed by atoms with E-state index in [1.807, 2.05) is 13.0 Å². The van der Waals surface area contributed by atoms with Gasteiger partial charge in [0.05, 0.1) is 5.69 Å². The van der Waals surface area contributed by atoms with Gasteiger partial charge in [0.2, 0.25) is 12.7 Å². The zero-order chi connectivity index (χ0) is 12.5. The largest absolute Gasteiger partial charge is 0.454 e. The Morgan fingerprint density at radius 2 is 2.06 bits per heavy atom. The molecule has 1 aliphatic rings. The molecule has 0 unspecified atom stereocenters. The normalized spacial score (nSPS) is 12.5. The molecule has 2 aromatic rings. The predicted molar refractivity (Wildman–Crippen MR) is 66.0 cm³/mol. The van der Waals surface area contributed by atoms with E-state index in [-0.39, 0.29) is 6.79 Å². The fourth-order valence-corrected chi connectivity index (χ4v) is 1.68. The summed E-state index contributed by atoms with van der Waals surface area (Å²) in [5.41, 5.74) is 7.37. The Balaban J connectivity index is 1.90. The lowest BCUT2D eigenvalue weighted by atomic mass is 10.2. The first kappa shape index (κ1) is 10.7. The van der Waals surface area contributed by atoms with Crippen molar-refractivity contribution in [1.29, 1.82) is 0 Å². The summed E-state index contributed by atoms with van der Waals surface area (Å²) in [5, 5.41) is 0. The van der Waals surface area contributed by atoms with Crippen LogP contribution in [0.5, 0.6) is 23.1 Å². The highest BCUT2D eigenvalue weighted by molar-refractivity contribution is 5.56. The van der Waals surface area contributed by atoms with Crippen LogP contribution in [0, 0.1) is 6.92 Å². The third kappa shape index (κ3) is 1.79. The number of hydrogen-bond acceptors (Lipinski definition) is 5. The zero-order valence-electron chi connectivity index (χ0n) is 9.84. The van der Waals surface area contributed by atoms with Gasteiger partial charge in [0.15, 0.2) is 11.5 Å². The molecule has 1 aromatic heterocycles. The van der Waals surface area contributed by atoms with Crippen LogP contribution >= 0.6 is 0 Å². The summed E-state index contributed by atoms with van der Waals surface area (Å²) in [5.74, 6) is 2.39. The molecule has 1 aliphatic heterocycles. The van der Waals surface area contributed by atoms with Crippen molar-refractivity contribution in [3.63, 3.8) is 0 Å². The molecule has 2 heterocycles. The van der Waals surface area contributed by atoms with E-state index in [9.17, 15) is 0 Å². The number of benzene rings is 1. The zero-order valence-corrected chi connectivity index (χ0v) is 9.84. The third-order valence-electron chi connectivity index (χ3n) is 2.73. The fraction of sp³-hybridized carbons (Fsp3) is 0.154. The monoisotopic (exact) mass is 244 g/mol. The van der Waals surface area contributed by atoms with E-state index in [1.54, 1.807) is 24.4 Å². The van der Waals surface area contributed by atoms with Gasteiger partial charge in [0, 0.05) is 12.3 Å². The molecule has 0 atom stereocenters. The number of aryl methyl sites for hydroxylation is 1. The number of nitrogen functional groups attached to an aromatic ring is 1. The molecule has 1 aromatic carbocycles. The van der Waals surface area contributed by atoms with Crippen LogP contribution in [0.3, 0.4) is 0 Å². The van der Waals surface area contributed by atoms with E-state index >= 15 is 0 Å². The lowest BCUT2D eigenvalue weighted by Gasteiger charge is -2.09. The molecule has 0 fully saturated rings. The molecule has 0 aliphatic carbocycles. The van der Waals surface area contributed by atoms with Crippen molar-refractivity contribution in [1.82, 2.24) is 4.98 Å². The molecule has 0 saturated carbocycles. The van der Waals surface area contributed by atoms with Crippen molar-refractivity contribution in [2.45, 2.75) is 6.92 Å². The van der Waals surface area contributed by atoms with Crippen LogP contribution in [0.25, 0.3) is 0 Å². The van der Waals surface area contributed by atoms with E-state index in [1.165, 1.54) is 0 Å². The maximum Gasteiger partial charge on any atom is 0.242 e. The highest BCUT2D eigenvalue weighted by Crippen LogP contribution is 2.37. The second-order valence-corrected chi connectivity index (χ2v) is 3.96. The first-order valence-electron chi connectivity index (χ1n) is 5.52. The third-order valence-corrected chi connectivity index (χ3v) is 2.73. The number of nitrogens with two attached hydrogens (primary N) is 1. The van der Waals surface area contributed by atoms with E-state index in [0.29, 0.717) is 28.8 Å². The number of pyridine rings is 1. The van der Waals surface area contributed by atoms with Gasteiger partial charge in [-0.25, -0.2) is 4.98 Å². The molecular formula is C13H12N2O3. The Hall–Kier alpha value is -2.43. The van der Waals surface area contributed by atoms with E-state index < -0.39 is 0 Å². The summed E-state index contributed by atoms with van der Waals surface area (Å²) in [4.78, 5) is 4.11. The Morgan fingerprint density at radius 1 is 1.22 bits per heavy atom. The molecule has 5 nitrogen and oxygen atoms in total. The Bertz CT molecular complexity index is 599. The van der Waals surface area contributed by atoms with E-state index in [2.05, 4.69) is 4.98 Å². The highest BCUT2D eigenvalue weighted by atomic mass is 16.7. The second kappa shape index (κ2) is 4.10. The minimum absolute atomic E-state index is 0.240. The second-order valence-electron chi connectivity index (χ2n) is 3.96. The molecule has 0 saturated heterocycles. The van der Waals surface area contributed by atoms with Crippen molar-refractivity contribution in [3.8, 4) is 23.1 Å². The molecule has 2 N–H and O–H groups in total. The van der Waals surface area contributed by atoms with Crippen LogP contribution < -0.4 is 19.9 Å². The van der Waals surface area contributed by atoms with Crippen molar-refractivity contribution in [2.24, 2.45) is 0 Å². The van der Waals surface area contributed by atoms with Crippen molar-refractivity contribution >= 4 is 5.69 Å². The molecule has 0 radical (unpaired) electrons. The van der Waals surface area contributed by atoms with Crippen LogP contribution in [0.4, 0.5) is 5.69 Å². The fourth-order valence-electron chi connectivity index (χ4n) is 1.68. The van der Waals surface area contributed by atoms with Crippen LogP contribution in [-0.4, -0.2) is 11.8 Å². The Morgan fingerprint density at radius 3 is 2.94 bits per heavy atom.